The summed E-state index contributed by atoms with van der Waals surface area (Å²) in [6, 6.07) is 7.81. The SMILES string of the molecule is O=C1CCN2[C@@H](c3ccc(Cl)cc3)C[C@H](CO)N12. The number of carbonyl (C=O) groups is 1. The molecule has 2 aliphatic rings. The van der Waals surface area contributed by atoms with Crippen molar-refractivity contribution in [3.63, 3.8) is 0 Å². The summed E-state index contributed by atoms with van der Waals surface area (Å²) in [6.07, 6.45) is 1.32. The van der Waals surface area contributed by atoms with Crippen LogP contribution in [0, 0.1) is 0 Å². The van der Waals surface area contributed by atoms with Crippen LogP contribution in [0.1, 0.15) is 24.4 Å². The number of hydrogen-bond acceptors (Lipinski definition) is 3. The van der Waals surface area contributed by atoms with Gasteiger partial charge in [0.2, 0.25) is 5.91 Å². The Labute approximate surface area is 111 Å². The van der Waals surface area contributed by atoms with Crippen LogP contribution in [0.15, 0.2) is 24.3 Å². The van der Waals surface area contributed by atoms with Crippen molar-refractivity contribution in [1.29, 1.82) is 0 Å². The lowest BCUT2D eigenvalue weighted by Gasteiger charge is -2.26. The van der Waals surface area contributed by atoms with E-state index in [1.54, 1.807) is 5.01 Å². The molecule has 18 heavy (non-hydrogen) atoms. The molecular weight excluding hydrogens is 252 g/mol. The van der Waals surface area contributed by atoms with Gasteiger partial charge in [-0.05, 0) is 24.1 Å². The van der Waals surface area contributed by atoms with Gasteiger partial charge in [0.15, 0.2) is 0 Å². The minimum Gasteiger partial charge on any atom is -0.394 e. The fourth-order valence-electron chi connectivity index (χ4n) is 2.92. The minimum absolute atomic E-state index is 0.0202. The van der Waals surface area contributed by atoms with E-state index in [1.807, 2.05) is 24.3 Å². The Kier molecular flexibility index (Phi) is 3.01. The van der Waals surface area contributed by atoms with Crippen LogP contribution in [0.2, 0.25) is 5.02 Å². The number of carbonyl (C=O) groups excluding carboxylic acids is 1. The molecule has 2 saturated heterocycles. The fraction of sp³-hybridized carbons (Fsp3) is 0.462. The molecule has 2 aliphatic heterocycles. The molecule has 2 atom stereocenters. The Morgan fingerprint density at radius 3 is 2.72 bits per heavy atom. The maximum atomic E-state index is 11.8. The molecule has 96 valence electrons. The topological polar surface area (TPSA) is 43.8 Å². The third-order valence-electron chi connectivity index (χ3n) is 3.75. The molecule has 0 unspecified atom stereocenters. The molecule has 0 aliphatic carbocycles. The van der Waals surface area contributed by atoms with E-state index >= 15 is 0 Å². The summed E-state index contributed by atoms with van der Waals surface area (Å²) in [5.74, 6) is 0.116. The van der Waals surface area contributed by atoms with Gasteiger partial charge in [-0.3, -0.25) is 9.80 Å². The van der Waals surface area contributed by atoms with Gasteiger partial charge in [0.1, 0.15) is 0 Å². The Balaban J connectivity index is 1.90. The average molecular weight is 267 g/mol. The van der Waals surface area contributed by atoms with Gasteiger partial charge in [0.05, 0.1) is 18.7 Å². The molecule has 0 aromatic heterocycles. The Hall–Kier alpha value is -1.10. The van der Waals surface area contributed by atoms with Crippen LogP contribution in [0.5, 0.6) is 0 Å². The number of aliphatic hydroxyl groups is 1. The monoisotopic (exact) mass is 266 g/mol. The van der Waals surface area contributed by atoms with Crippen LogP contribution >= 0.6 is 11.6 Å². The van der Waals surface area contributed by atoms with E-state index in [-0.39, 0.29) is 24.6 Å². The van der Waals surface area contributed by atoms with Crippen molar-refractivity contribution < 1.29 is 9.90 Å². The maximum absolute atomic E-state index is 11.8. The van der Waals surface area contributed by atoms with Crippen LogP contribution in [-0.4, -0.2) is 40.2 Å². The molecule has 0 radical (unpaired) electrons. The number of hydrogen-bond donors (Lipinski definition) is 1. The summed E-state index contributed by atoms with van der Waals surface area (Å²) in [6.45, 7) is 0.759. The van der Waals surface area contributed by atoms with Crippen LogP contribution in [0.3, 0.4) is 0 Å². The Morgan fingerprint density at radius 1 is 1.33 bits per heavy atom. The first-order valence-electron chi connectivity index (χ1n) is 6.15. The molecule has 0 saturated carbocycles. The van der Waals surface area contributed by atoms with Crippen LogP contribution in [0.4, 0.5) is 0 Å². The molecule has 0 bridgehead atoms. The predicted molar refractivity (Wildman–Crippen MR) is 67.9 cm³/mol. The second kappa shape index (κ2) is 4.53. The normalized spacial score (nSPS) is 27.9. The lowest BCUT2D eigenvalue weighted by Crippen LogP contribution is -2.40. The molecule has 5 heteroatoms. The smallest absolute Gasteiger partial charge is 0.238 e. The summed E-state index contributed by atoms with van der Waals surface area (Å²) in [7, 11) is 0. The molecule has 4 nitrogen and oxygen atoms in total. The number of hydrazine groups is 1. The second-order valence-electron chi connectivity index (χ2n) is 4.79. The number of benzene rings is 1. The highest BCUT2D eigenvalue weighted by molar-refractivity contribution is 6.30. The van der Waals surface area contributed by atoms with E-state index in [0.29, 0.717) is 11.4 Å². The van der Waals surface area contributed by atoms with Crippen LogP contribution < -0.4 is 0 Å². The fourth-order valence-corrected chi connectivity index (χ4v) is 3.05. The number of fused-ring (bicyclic) bond motifs is 1. The predicted octanol–water partition coefficient (Wildman–Crippen LogP) is 1.59. The van der Waals surface area contributed by atoms with E-state index in [1.165, 1.54) is 0 Å². The standard InChI is InChI=1S/C13H15ClN2O2/c14-10-3-1-9(2-4-10)12-7-11(8-17)16-13(18)5-6-15(12)16/h1-4,11-12,17H,5-8H2/t11-,12-/m1/s1. The summed E-state index contributed by atoms with van der Waals surface area (Å²) < 4.78 is 0. The number of halogens is 1. The Bertz CT molecular complexity index is 463. The quantitative estimate of drug-likeness (QED) is 0.884. The number of rotatable bonds is 2. The first-order valence-corrected chi connectivity index (χ1v) is 6.53. The molecule has 1 aromatic carbocycles. The largest absolute Gasteiger partial charge is 0.394 e. The highest BCUT2D eigenvalue weighted by atomic mass is 35.5. The van der Waals surface area contributed by atoms with E-state index in [2.05, 4.69) is 5.01 Å². The molecule has 1 amide bonds. The summed E-state index contributed by atoms with van der Waals surface area (Å²) in [5.41, 5.74) is 1.15. The highest BCUT2D eigenvalue weighted by Gasteiger charge is 2.45. The highest BCUT2D eigenvalue weighted by Crippen LogP contribution is 2.39. The molecule has 2 heterocycles. The zero-order chi connectivity index (χ0) is 12.7. The van der Waals surface area contributed by atoms with Crippen molar-refractivity contribution in [2.24, 2.45) is 0 Å². The third kappa shape index (κ3) is 1.81. The molecule has 2 fully saturated rings. The molecule has 1 N–H and O–H groups in total. The van der Waals surface area contributed by atoms with E-state index in [9.17, 15) is 9.90 Å². The minimum atomic E-state index is -0.0827. The molecular formula is C13H15ClN2O2. The van der Waals surface area contributed by atoms with Gasteiger partial charge in [0.25, 0.3) is 0 Å². The van der Waals surface area contributed by atoms with Gasteiger partial charge in [0, 0.05) is 18.0 Å². The lowest BCUT2D eigenvalue weighted by molar-refractivity contribution is -0.139. The zero-order valence-corrected chi connectivity index (χ0v) is 10.7. The number of amides is 1. The van der Waals surface area contributed by atoms with Crippen molar-refractivity contribution >= 4 is 17.5 Å². The molecule has 3 rings (SSSR count). The van der Waals surface area contributed by atoms with E-state index in [4.69, 9.17) is 11.6 Å². The van der Waals surface area contributed by atoms with Gasteiger partial charge in [-0.2, -0.15) is 0 Å². The molecule has 0 spiro atoms. The number of nitrogens with zero attached hydrogens (tertiary/aromatic N) is 2. The Morgan fingerprint density at radius 2 is 2.06 bits per heavy atom. The summed E-state index contributed by atoms with van der Waals surface area (Å²) in [5, 5.41) is 13.9. The van der Waals surface area contributed by atoms with Crippen LogP contribution in [-0.2, 0) is 4.79 Å². The zero-order valence-electron chi connectivity index (χ0n) is 9.92. The third-order valence-corrected chi connectivity index (χ3v) is 4.01. The van der Waals surface area contributed by atoms with Crippen molar-refractivity contribution in [3.05, 3.63) is 34.9 Å². The van der Waals surface area contributed by atoms with Gasteiger partial charge in [-0.15, -0.1) is 0 Å². The maximum Gasteiger partial charge on any atom is 0.238 e. The second-order valence-corrected chi connectivity index (χ2v) is 5.23. The van der Waals surface area contributed by atoms with Crippen molar-refractivity contribution in [2.75, 3.05) is 13.2 Å². The molecule has 1 aromatic rings. The van der Waals surface area contributed by atoms with Gasteiger partial charge in [-0.25, -0.2) is 5.01 Å². The van der Waals surface area contributed by atoms with E-state index in [0.717, 1.165) is 18.5 Å². The van der Waals surface area contributed by atoms with Crippen molar-refractivity contribution in [3.8, 4) is 0 Å². The van der Waals surface area contributed by atoms with Gasteiger partial charge < -0.3 is 5.11 Å². The average Bonchev–Trinajstić information content (AvgIpc) is 2.92. The van der Waals surface area contributed by atoms with E-state index < -0.39 is 0 Å². The number of aliphatic hydroxyl groups excluding tert-OH is 1. The summed E-state index contributed by atoms with van der Waals surface area (Å²) in [4.78, 5) is 11.8. The van der Waals surface area contributed by atoms with Gasteiger partial charge in [-0.1, -0.05) is 23.7 Å². The first-order chi connectivity index (χ1) is 8.70. The first kappa shape index (κ1) is 12.0. The lowest BCUT2D eigenvalue weighted by atomic mass is 10.0. The summed E-state index contributed by atoms with van der Waals surface area (Å²) >= 11 is 5.89. The van der Waals surface area contributed by atoms with Crippen molar-refractivity contribution in [1.82, 2.24) is 10.0 Å². The van der Waals surface area contributed by atoms with Crippen LogP contribution in [0.25, 0.3) is 0 Å². The van der Waals surface area contributed by atoms with Crippen molar-refractivity contribution in [2.45, 2.75) is 24.9 Å². The van der Waals surface area contributed by atoms with Gasteiger partial charge >= 0.3 is 0 Å².